The Hall–Kier alpha value is -7.68. The fourth-order valence-electron chi connectivity index (χ4n) is 6.62. The topological polar surface area (TPSA) is 185 Å². The second-order valence-electron chi connectivity index (χ2n) is 12.9. The molecule has 0 unspecified atom stereocenters. The standard InChI is InChI=1S/C42H33N3O12/c1-52-37-16-25-13-29-20-41(56-35-11-5-8-32(23-35)44(48)49)39(54-3)18-27(29)15-30-21-42(57-36-12-6-9-33(24-36)45(50)51)38(53-2)17-26(30)14-28(25)19-40(37)55-34-10-4-7-31(22-34)43(46)47/h4-12,16-24H,13-15H2,1-3H3. The average molecular weight is 772 g/mol. The van der Waals surface area contributed by atoms with Crippen molar-refractivity contribution in [1.29, 1.82) is 0 Å². The first-order valence-electron chi connectivity index (χ1n) is 17.4. The minimum Gasteiger partial charge on any atom is -0.493 e. The Morgan fingerprint density at radius 2 is 0.632 bits per heavy atom. The largest absolute Gasteiger partial charge is 0.493 e. The number of ether oxygens (including phenoxy) is 6. The van der Waals surface area contributed by atoms with E-state index in [1.807, 2.05) is 36.4 Å². The number of nitro benzene ring substituents is 3. The Morgan fingerprint density at radius 3 is 0.860 bits per heavy atom. The normalized spacial score (nSPS) is 11.6. The van der Waals surface area contributed by atoms with Gasteiger partial charge in [-0.15, -0.1) is 0 Å². The molecule has 15 heteroatoms. The molecule has 0 atom stereocenters. The predicted octanol–water partition coefficient (Wildman–Crippen LogP) is 9.90. The van der Waals surface area contributed by atoms with Gasteiger partial charge in [0.2, 0.25) is 0 Å². The summed E-state index contributed by atoms with van der Waals surface area (Å²) in [7, 11) is 4.51. The smallest absolute Gasteiger partial charge is 0.273 e. The lowest BCUT2D eigenvalue weighted by molar-refractivity contribution is -0.385. The van der Waals surface area contributed by atoms with Gasteiger partial charge in [0.1, 0.15) is 17.2 Å². The van der Waals surface area contributed by atoms with E-state index >= 15 is 0 Å². The van der Waals surface area contributed by atoms with E-state index in [-0.39, 0.29) is 34.3 Å². The zero-order valence-corrected chi connectivity index (χ0v) is 30.8. The minimum absolute atomic E-state index is 0.131. The molecule has 1 aliphatic carbocycles. The second kappa shape index (κ2) is 16.0. The van der Waals surface area contributed by atoms with E-state index in [2.05, 4.69) is 0 Å². The number of rotatable bonds is 12. The summed E-state index contributed by atoms with van der Waals surface area (Å²) in [5.41, 5.74) is 4.75. The minimum atomic E-state index is -0.501. The molecule has 0 aromatic heterocycles. The summed E-state index contributed by atoms with van der Waals surface area (Å²) in [6.45, 7) is 0. The maximum Gasteiger partial charge on any atom is 0.273 e. The summed E-state index contributed by atoms with van der Waals surface area (Å²) in [6, 6.07) is 28.7. The molecule has 15 nitrogen and oxygen atoms in total. The quantitative estimate of drug-likeness (QED) is 0.0847. The van der Waals surface area contributed by atoms with Gasteiger partial charge in [0, 0.05) is 18.2 Å². The number of benzene rings is 6. The van der Waals surface area contributed by atoms with Gasteiger partial charge in [0.05, 0.1) is 54.3 Å². The van der Waals surface area contributed by atoms with Gasteiger partial charge in [0.25, 0.3) is 17.1 Å². The van der Waals surface area contributed by atoms with Gasteiger partial charge in [-0.1, -0.05) is 18.2 Å². The maximum atomic E-state index is 11.5. The number of nitro groups is 3. The molecule has 0 saturated carbocycles. The molecule has 0 radical (unpaired) electrons. The molecule has 0 bridgehead atoms. The molecule has 6 aromatic rings. The molecule has 0 aliphatic heterocycles. The third kappa shape index (κ3) is 8.22. The first kappa shape index (κ1) is 37.6. The fraction of sp³-hybridized carbons (Fsp3) is 0.143. The predicted molar refractivity (Wildman–Crippen MR) is 207 cm³/mol. The molecular weight excluding hydrogens is 738 g/mol. The van der Waals surface area contributed by atoms with Gasteiger partial charge in [-0.25, -0.2) is 0 Å². The maximum absolute atomic E-state index is 11.5. The zero-order chi connectivity index (χ0) is 40.2. The zero-order valence-electron chi connectivity index (χ0n) is 30.8. The fourth-order valence-corrected chi connectivity index (χ4v) is 6.62. The third-order valence-electron chi connectivity index (χ3n) is 9.37. The molecule has 57 heavy (non-hydrogen) atoms. The Labute approximate surface area is 325 Å². The highest BCUT2D eigenvalue weighted by molar-refractivity contribution is 5.60. The Morgan fingerprint density at radius 1 is 0.386 bits per heavy atom. The van der Waals surface area contributed by atoms with Crippen LogP contribution in [-0.2, 0) is 19.3 Å². The van der Waals surface area contributed by atoms with E-state index < -0.39 is 14.8 Å². The molecule has 0 N–H and O–H groups in total. The lowest BCUT2D eigenvalue weighted by Gasteiger charge is -2.18. The Kier molecular flexibility index (Phi) is 10.5. The van der Waals surface area contributed by atoms with Crippen molar-refractivity contribution < 1.29 is 43.2 Å². The van der Waals surface area contributed by atoms with Crippen LogP contribution in [0.3, 0.4) is 0 Å². The van der Waals surface area contributed by atoms with Crippen LogP contribution < -0.4 is 28.4 Å². The summed E-state index contributed by atoms with van der Waals surface area (Å²) in [6.07, 6.45) is 1.15. The van der Waals surface area contributed by atoms with E-state index in [0.717, 1.165) is 33.4 Å². The van der Waals surface area contributed by atoms with Crippen LogP contribution in [0.25, 0.3) is 0 Å². The monoisotopic (exact) mass is 771 g/mol. The van der Waals surface area contributed by atoms with Crippen molar-refractivity contribution in [2.24, 2.45) is 0 Å². The van der Waals surface area contributed by atoms with Gasteiger partial charge in [-0.05, 0) is 107 Å². The van der Waals surface area contributed by atoms with Crippen molar-refractivity contribution in [2.75, 3.05) is 21.3 Å². The molecule has 7 rings (SSSR count). The Balaban J connectivity index is 1.38. The van der Waals surface area contributed by atoms with Crippen LogP contribution in [0.4, 0.5) is 17.1 Å². The lowest BCUT2D eigenvalue weighted by Crippen LogP contribution is -2.02. The van der Waals surface area contributed by atoms with Crippen molar-refractivity contribution in [3.05, 3.63) is 173 Å². The van der Waals surface area contributed by atoms with Crippen molar-refractivity contribution >= 4 is 17.1 Å². The second-order valence-corrected chi connectivity index (χ2v) is 12.9. The van der Waals surface area contributed by atoms with Crippen molar-refractivity contribution in [1.82, 2.24) is 0 Å². The summed E-state index contributed by atoms with van der Waals surface area (Å²) < 4.78 is 36.0. The van der Waals surface area contributed by atoms with Crippen LogP contribution in [0.2, 0.25) is 0 Å². The van der Waals surface area contributed by atoms with Crippen LogP contribution in [0.1, 0.15) is 33.4 Å². The molecule has 0 fully saturated rings. The van der Waals surface area contributed by atoms with Crippen molar-refractivity contribution in [2.45, 2.75) is 19.3 Å². The molecule has 1 aliphatic rings. The lowest BCUT2D eigenvalue weighted by atomic mass is 9.94. The number of non-ortho nitro benzene ring substituents is 3. The first-order chi connectivity index (χ1) is 27.5. The van der Waals surface area contributed by atoms with Crippen molar-refractivity contribution in [3.63, 3.8) is 0 Å². The Bertz CT molecular complexity index is 2280. The third-order valence-corrected chi connectivity index (χ3v) is 9.37. The van der Waals surface area contributed by atoms with Gasteiger partial charge in [0.15, 0.2) is 34.5 Å². The molecule has 0 spiro atoms. The number of hydrogen-bond acceptors (Lipinski definition) is 12. The number of fused-ring (bicyclic) bond motifs is 3. The highest BCUT2D eigenvalue weighted by atomic mass is 16.6. The van der Waals surface area contributed by atoms with Gasteiger partial charge >= 0.3 is 0 Å². The molecule has 288 valence electrons. The van der Waals surface area contributed by atoms with Crippen LogP contribution in [0, 0.1) is 30.3 Å². The van der Waals surface area contributed by atoms with E-state index in [1.54, 1.807) is 18.2 Å². The summed E-state index contributed by atoms with van der Waals surface area (Å²) in [5.74, 6) is 2.91. The van der Waals surface area contributed by atoms with E-state index in [9.17, 15) is 30.3 Å². The van der Waals surface area contributed by atoms with Crippen LogP contribution in [-0.4, -0.2) is 36.1 Å². The number of hydrogen-bond donors (Lipinski definition) is 0. The number of nitrogens with zero attached hydrogens (tertiary/aromatic N) is 3. The van der Waals surface area contributed by atoms with Gasteiger partial charge < -0.3 is 28.4 Å². The summed E-state index contributed by atoms with van der Waals surface area (Å²) >= 11 is 0. The van der Waals surface area contributed by atoms with Crippen LogP contribution in [0.15, 0.2) is 109 Å². The van der Waals surface area contributed by atoms with Gasteiger partial charge in [-0.2, -0.15) is 0 Å². The van der Waals surface area contributed by atoms with Crippen LogP contribution >= 0.6 is 0 Å². The van der Waals surface area contributed by atoms with E-state index in [4.69, 9.17) is 28.4 Å². The van der Waals surface area contributed by atoms with Gasteiger partial charge in [-0.3, -0.25) is 30.3 Å². The molecular formula is C42H33N3O12. The molecule has 0 heterocycles. The first-order valence-corrected chi connectivity index (χ1v) is 17.4. The van der Waals surface area contributed by atoms with E-state index in [1.165, 1.54) is 75.9 Å². The summed E-state index contributed by atoms with van der Waals surface area (Å²) in [4.78, 5) is 33.0. The molecule has 6 aromatic carbocycles. The average Bonchev–Trinajstić information content (AvgIpc) is 3.26. The molecule has 0 amide bonds. The van der Waals surface area contributed by atoms with Crippen molar-refractivity contribution in [3.8, 4) is 51.7 Å². The highest BCUT2D eigenvalue weighted by Crippen LogP contribution is 2.43. The summed E-state index contributed by atoms with van der Waals surface area (Å²) in [5, 5.41) is 34.5. The van der Waals surface area contributed by atoms with E-state index in [0.29, 0.717) is 53.8 Å². The number of methoxy groups -OCH3 is 3. The molecule has 0 saturated heterocycles. The van der Waals surface area contributed by atoms with Crippen LogP contribution in [0.5, 0.6) is 51.7 Å². The highest BCUT2D eigenvalue weighted by Gasteiger charge is 2.24. The SMILES string of the molecule is COc1cc2c(cc1Oc1cccc([N+](=O)[O-])c1)Cc1cc(OC)c(Oc3cccc([N+](=O)[O-])c3)cc1Cc1cc(OC)c(Oc3cccc([N+](=O)[O-])c3)cc1C2.